The number of rotatable bonds is 4. The van der Waals surface area contributed by atoms with Gasteiger partial charge in [-0.1, -0.05) is 49.3 Å². The van der Waals surface area contributed by atoms with Crippen LogP contribution >= 0.6 is 0 Å². The highest BCUT2D eigenvalue weighted by molar-refractivity contribution is 5.55. The van der Waals surface area contributed by atoms with Crippen LogP contribution in [0.25, 0.3) is 11.4 Å². The van der Waals surface area contributed by atoms with Crippen molar-refractivity contribution in [1.82, 2.24) is 20.1 Å². The molecule has 1 aromatic carbocycles. The number of hydrogen-bond acceptors (Lipinski definition) is 6. The third kappa shape index (κ3) is 2.87. The molecule has 3 heterocycles. The van der Waals surface area contributed by atoms with Crippen LogP contribution in [-0.2, 0) is 19.5 Å². The molecule has 24 heavy (non-hydrogen) atoms. The maximum atomic E-state index is 5.45. The van der Waals surface area contributed by atoms with E-state index in [0.29, 0.717) is 30.8 Å². The van der Waals surface area contributed by atoms with Crippen molar-refractivity contribution in [3.05, 3.63) is 53.6 Å². The van der Waals surface area contributed by atoms with Gasteiger partial charge in [0.05, 0.1) is 18.8 Å². The highest BCUT2D eigenvalue weighted by Gasteiger charge is 2.25. The number of hydrogen-bond donors (Lipinski definition) is 0. The molecular weight excluding hydrogens is 302 g/mol. The smallest absolute Gasteiger partial charge is 0.315 e. The molecule has 0 unspecified atom stereocenters. The summed E-state index contributed by atoms with van der Waals surface area (Å²) in [7, 11) is 0. The van der Waals surface area contributed by atoms with Crippen molar-refractivity contribution in [2.45, 2.75) is 33.4 Å². The zero-order valence-corrected chi connectivity index (χ0v) is 13.8. The number of benzene rings is 1. The van der Waals surface area contributed by atoms with Crippen LogP contribution in [0.4, 0.5) is 6.01 Å². The Morgan fingerprint density at radius 2 is 1.96 bits per heavy atom. The first-order valence-corrected chi connectivity index (χ1v) is 8.17. The maximum absolute atomic E-state index is 5.45. The molecule has 0 bridgehead atoms. The molecule has 6 heteroatoms. The van der Waals surface area contributed by atoms with Crippen molar-refractivity contribution >= 4 is 6.01 Å². The van der Waals surface area contributed by atoms with Gasteiger partial charge in [0.1, 0.15) is 5.82 Å². The minimum atomic E-state index is 0.525. The highest BCUT2D eigenvalue weighted by atomic mass is 16.5. The van der Waals surface area contributed by atoms with Gasteiger partial charge in [-0.3, -0.25) is 0 Å². The van der Waals surface area contributed by atoms with Crippen LogP contribution in [0.3, 0.4) is 0 Å². The summed E-state index contributed by atoms with van der Waals surface area (Å²) in [5, 5.41) is 4.09. The van der Waals surface area contributed by atoms with Gasteiger partial charge in [-0.05, 0) is 5.92 Å². The molecule has 0 aliphatic carbocycles. The fraction of sp³-hybridized carbons (Fsp3) is 0.333. The van der Waals surface area contributed by atoms with E-state index in [1.54, 1.807) is 0 Å². The summed E-state index contributed by atoms with van der Waals surface area (Å²) < 4.78 is 5.45. The van der Waals surface area contributed by atoms with Crippen molar-refractivity contribution in [1.29, 1.82) is 0 Å². The van der Waals surface area contributed by atoms with Crippen molar-refractivity contribution in [3.63, 3.8) is 0 Å². The summed E-state index contributed by atoms with van der Waals surface area (Å²) >= 11 is 0. The van der Waals surface area contributed by atoms with Gasteiger partial charge in [0, 0.05) is 23.7 Å². The van der Waals surface area contributed by atoms with Gasteiger partial charge in [0.2, 0.25) is 5.82 Å². The summed E-state index contributed by atoms with van der Waals surface area (Å²) in [6.45, 7) is 5.73. The Kier molecular flexibility index (Phi) is 3.72. The van der Waals surface area contributed by atoms with E-state index in [9.17, 15) is 0 Å². The Morgan fingerprint density at radius 3 is 2.75 bits per heavy atom. The zero-order chi connectivity index (χ0) is 16.5. The Hall–Kier alpha value is -2.76. The predicted molar refractivity (Wildman–Crippen MR) is 90.2 cm³/mol. The molecule has 3 aromatic rings. The molecule has 0 spiro atoms. The summed E-state index contributed by atoms with van der Waals surface area (Å²) in [4.78, 5) is 15.7. The second kappa shape index (κ2) is 6.03. The van der Waals surface area contributed by atoms with E-state index in [1.807, 2.05) is 41.4 Å². The lowest BCUT2D eigenvalue weighted by molar-refractivity contribution is 0.415. The number of fused-ring (bicyclic) bond motifs is 1. The van der Waals surface area contributed by atoms with Crippen LogP contribution in [0.15, 0.2) is 41.1 Å². The molecule has 122 valence electrons. The molecule has 1 aliphatic rings. The highest BCUT2D eigenvalue weighted by Crippen LogP contribution is 2.27. The standard InChI is InChI=1S/C18H19N5O/c1-12(2)8-16-19-9-14-10-23(11-15(14)20-16)18-21-17(22-24-18)13-6-4-3-5-7-13/h3-7,9,12H,8,10-11H2,1-2H3. The summed E-state index contributed by atoms with van der Waals surface area (Å²) in [6, 6.07) is 10.4. The molecule has 1 aliphatic heterocycles. The SMILES string of the molecule is CC(C)Cc1ncc2c(n1)CN(c1nc(-c3ccccc3)no1)C2. The Labute approximate surface area is 140 Å². The van der Waals surface area contributed by atoms with Crippen molar-refractivity contribution in [2.75, 3.05) is 4.90 Å². The molecule has 0 amide bonds. The second-order valence-corrected chi connectivity index (χ2v) is 6.48. The monoisotopic (exact) mass is 321 g/mol. The van der Waals surface area contributed by atoms with Crippen LogP contribution in [0, 0.1) is 5.92 Å². The third-order valence-electron chi connectivity index (χ3n) is 4.01. The van der Waals surface area contributed by atoms with E-state index in [-0.39, 0.29) is 0 Å². The average Bonchev–Trinajstić information content (AvgIpc) is 3.21. The van der Waals surface area contributed by atoms with Gasteiger partial charge in [-0.25, -0.2) is 9.97 Å². The van der Waals surface area contributed by atoms with Crippen LogP contribution in [0.2, 0.25) is 0 Å². The lowest BCUT2D eigenvalue weighted by Crippen LogP contribution is -2.14. The fourth-order valence-corrected chi connectivity index (χ4v) is 2.84. The number of aromatic nitrogens is 4. The van der Waals surface area contributed by atoms with Crippen LogP contribution in [0.1, 0.15) is 30.9 Å². The van der Waals surface area contributed by atoms with E-state index in [4.69, 9.17) is 9.51 Å². The third-order valence-corrected chi connectivity index (χ3v) is 4.01. The van der Waals surface area contributed by atoms with Crippen LogP contribution < -0.4 is 4.90 Å². The summed E-state index contributed by atoms with van der Waals surface area (Å²) in [5.41, 5.74) is 3.13. The summed E-state index contributed by atoms with van der Waals surface area (Å²) in [5.74, 6) is 2.05. The largest absolute Gasteiger partial charge is 0.325 e. The molecular formula is C18H19N5O. The van der Waals surface area contributed by atoms with Gasteiger partial charge in [0.15, 0.2) is 0 Å². The quantitative estimate of drug-likeness (QED) is 0.735. The Bertz CT molecular complexity index is 844. The van der Waals surface area contributed by atoms with Crippen molar-refractivity contribution in [3.8, 4) is 11.4 Å². The predicted octanol–water partition coefficient (Wildman–Crippen LogP) is 3.25. The molecule has 0 N–H and O–H groups in total. The van der Waals surface area contributed by atoms with Gasteiger partial charge in [-0.15, -0.1) is 0 Å². The van der Waals surface area contributed by atoms with E-state index >= 15 is 0 Å². The zero-order valence-electron chi connectivity index (χ0n) is 13.8. The van der Waals surface area contributed by atoms with Crippen LogP contribution in [-0.4, -0.2) is 20.1 Å². The van der Waals surface area contributed by atoms with E-state index < -0.39 is 0 Å². The fourth-order valence-electron chi connectivity index (χ4n) is 2.84. The van der Waals surface area contributed by atoms with Gasteiger partial charge in [-0.2, -0.15) is 4.98 Å². The van der Waals surface area contributed by atoms with Crippen molar-refractivity contribution < 1.29 is 4.52 Å². The second-order valence-electron chi connectivity index (χ2n) is 6.48. The van der Waals surface area contributed by atoms with E-state index in [2.05, 4.69) is 29.0 Å². The maximum Gasteiger partial charge on any atom is 0.325 e. The first kappa shape index (κ1) is 14.8. The van der Waals surface area contributed by atoms with Gasteiger partial charge in [0.25, 0.3) is 0 Å². The molecule has 2 aromatic heterocycles. The summed E-state index contributed by atoms with van der Waals surface area (Å²) in [6.07, 6.45) is 2.82. The molecule has 6 nitrogen and oxygen atoms in total. The molecule has 4 rings (SSSR count). The minimum Gasteiger partial charge on any atom is -0.315 e. The van der Waals surface area contributed by atoms with E-state index in [1.165, 1.54) is 0 Å². The minimum absolute atomic E-state index is 0.525. The Balaban J connectivity index is 1.54. The normalized spacial score (nSPS) is 13.5. The Morgan fingerprint density at radius 1 is 1.12 bits per heavy atom. The molecule has 0 saturated heterocycles. The van der Waals surface area contributed by atoms with Gasteiger partial charge >= 0.3 is 6.01 Å². The van der Waals surface area contributed by atoms with Gasteiger partial charge < -0.3 is 9.42 Å². The molecule has 0 radical (unpaired) electrons. The number of nitrogens with zero attached hydrogens (tertiary/aromatic N) is 5. The first-order chi connectivity index (χ1) is 11.7. The topological polar surface area (TPSA) is 67.9 Å². The average molecular weight is 321 g/mol. The lowest BCUT2D eigenvalue weighted by atomic mass is 10.1. The molecule has 0 saturated carbocycles. The lowest BCUT2D eigenvalue weighted by Gasteiger charge is -2.09. The van der Waals surface area contributed by atoms with E-state index in [0.717, 1.165) is 29.1 Å². The van der Waals surface area contributed by atoms with Crippen LogP contribution in [0.5, 0.6) is 0 Å². The molecule has 0 fully saturated rings. The van der Waals surface area contributed by atoms with Crippen molar-refractivity contribution in [2.24, 2.45) is 5.92 Å². The number of anilines is 1. The molecule has 0 atom stereocenters. The first-order valence-electron chi connectivity index (χ1n) is 8.17.